The lowest BCUT2D eigenvalue weighted by Crippen LogP contribution is -1.88. The summed E-state index contributed by atoms with van der Waals surface area (Å²) >= 11 is 1.83. The fraction of sp³-hybridized carbons (Fsp3) is 0.200. The number of aliphatic hydroxyl groups excluding tert-OH is 1. The standard InChI is InChI=1S/C15H16OS/c16-12-14-7-4-8-15(11-14)17-10-9-13-5-2-1-3-6-13/h1-8,11,16H,9-10,12H2. The van der Waals surface area contributed by atoms with Crippen LogP contribution in [0.3, 0.4) is 0 Å². The molecule has 0 fully saturated rings. The van der Waals surface area contributed by atoms with Crippen molar-refractivity contribution in [2.24, 2.45) is 0 Å². The minimum absolute atomic E-state index is 0.118. The van der Waals surface area contributed by atoms with Gasteiger partial charge in [-0.1, -0.05) is 42.5 Å². The summed E-state index contributed by atoms with van der Waals surface area (Å²) in [5, 5.41) is 9.06. The van der Waals surface area contributed by atoms with Gasteiger partial charge in [-0.3, -0.25) is 0 Å². The van der Waals surface area contributed by atoms with Crippen LogP contribution in [-0.4, -0.2) is 10.9 Å². The number of hydrogen-bond acceptors (Lipinski definition) is 2. The van der Waals surface area contributed by atoms with Gasteiger partial charge in [0.25, 0.3) is 0 Å². The Bertz CT molecular complexity index is 453. The van der Waals surface area contributed by atoms with Crippen molar-refractivity contribution in [3.63, 3.8) is 0 Å². The van der Waals surface area contributed by atoms with E-state index < -0.39 is 0 Å². The molecule has 0 aliphatic rings. The summed E-state index contributed by atoms with van der Waals surface area (Å²) in [4.78, 5) is 1.23. The van der Waals surface area contributed by atoms with Crippen LogP contribution in [0.1, 0.15) is 11.1 Å². The quantitative estimate of drug-likeness (QED) is 0.812. The van der Waals surface area contributed by atoms with E-state index in [1.54, 1.807) is 0 Å². The smallest absolute Gasteiger partial charge is 0.0682 e. The molecule has 0 bridgehead atoms. The summed E-state index contributed by atoms with van der Waals surface area (Å²) in [6.45, 7) is 0.118. The molecule has 2 aromatic rings. The third kappa shape index (κ3) is 3.91. The van der Waals surface area contributed by atoms with Crippen LogP contribution in [0.15, 0.2) is 59.5 Å². The van der Waals surface area contributed by atoms with Crippen LogP contribution in [0.4, 0.5) is 0 Å². The molecule has 0 heterocycles. The summed E-state index contributed by atoms with van der Waals surface area (Å²) in [7, 11) is 0. The average molecular weight is 244 g/mol. The Morgan fingerprint density at radius 3 is 2.41 bits per heavy atom. The van der Waals surface area contributed by atoms with E-state index in [4.69, 9.17) is 5.11 Å². The van der Waals surface area contributed by atoms with Crippen molar-refractivity contribution in [1.82, 2.24) is 0 Å². The van der Waals surface area contributed by atoms with E-state index in [1.807, 2.05) is 30.0 Å². The molecule has 0 aromatic heterocycles. The largest absolute Gasteiger partial charge is 0.392 e. The Balaban J connectivity index is 1.86. The zero-order chi connectivity index (χ0) is 11.9. The SMILES string of the molecule is OCc1cccc(SCCc2ccccc2)c1. The topological polar surface area (TPSA) is 20.2 Å². The molecular formula is C15H16OS. The number of aryl methyl sites for hydroxylation is 1. The van der Waals surface area contributed by atoms with E-state index in [0.717, 1.165) is 17.7 Å². The maximum absolute atomic E-state index is 9.06. The van der Waals surface area contributed by atoms with E-state index in [1.165, 1.54) is 10.5 Å². The molecule has 0 unspecified atom stereocenters. The summed E-state index contributed by atoms with van der Waals surface area (Å²) in [6.07, 6.45) is 1.08. The summed E-state index contributed by atoms with van der Waals surface area (Å²) < 4.78 is 0. The number of benzene rings is 2. The van der Waals surface area contributed by atoms with Crippen molar-refractivity contribution in [2.45, 2.75) is 17.9 Å². The molecule has 0 radical (unpaired) electrons. The molecule has 0 amide bonds. The number of aliphatic hydroxyl groups is 1. The van der Waals surface area contributed by atoms with Crippen LogP contribution in [0.5, 0.6) is 0 Å². The van der Waals surface area contributed by atoms with E-state index in [9.17, 15) is 0 Å². The molecule has 2 heteroatoms. The van der Waals surface area contributed by atoms with Crippen LogP contribution < -0.4 is 0 Å². The Morgan fingerprint density at radius 1 is 0.882 bits per heavy atom. The molecule has 0 spiro atoms. The van der Waals surface area contributed by atoms with E-state index in [-0.39, 0.29) is 6.61 Å². The highest BCUT2D eigenvalue weighted by Crippen LogP contribution is 2.20. The molecule has 0 atom stereocenters. The van der Waals surface area contributed by atoms with Gasteiger partial charge in [0.1, 0.15) is 0 Å². The first-order valence-electron chi connectivity index (χ1n) is 5.75. The predicted octanol–water partition coefficient (Wildman–Crippen LogP) is 3.51. The van der Waals surface area contributed by atoms with Crippen LogP contribution in [0.2, 0.25) is 0 Å². The first kappa shape index (κ1) is 12.2. The van der Waals surface area contributed by atoms with Crippen LogP contribution in [0, 0.1) is 0 Å². The van der Waals surface area contributed by atoms with E-state index in [0.29, 0.717) is 0 Å². The first-order chi connectivity index (χ1) is 8.38. The predicted molar refractivity (Wildman–Crippen MR) is 73.2 cm³/mol. The molecule has 1 nitrogen and oxygen atoms in total. The minimum atomic E-state index is 0.118. The first-order valence-corrected chi connectivity index (χ1v) is 6.73. The molecule has 1 N–H and O–H groups in total. The highest BCUT2D eigenvalue weighted by Gasteiger charge is 1.97. The van der Waals surface area contributed by atoms with Crippen molar-refractivity contribution in [2.75, 3.05) is 5.75 Å². The van der Waals surface area contributed by atoms with Gasteiger partial charge in [0, 0.05) is 10.6 Å². The third-order valence-electron chi connectivity index (χ3n) is 2.58. The van der Waals surface area contributed by atoms with Gasteiger partial charge in [0.2, 0.25) is 0 Å². The Morgan fingerprint density at radius 2 is 1.65 bits per heavy atom. The van der Waals surface area contributed by atoms with Crippen molar-refractivity contribution >= 4 is 11.8 Å². The molecule has 2 aromatic carbocycles. The van der Waals surface area contributed by atoms with Crippen molar-refractivity contribution < 1.29 is 5.11 Å². The van der Waals surface area contributed by atoms with Crippen LogP contribution in [0.25, 0.3) is 0 Å². The van der Waals surface area contributed by atoms with Crippen molar-refractivity contribution in [3.8, 4) is 0 Å². The number of thioether (sulfide) groups is 1. The summed E-state index contributed by atoms with van der Waals surface area (Å²) in [6, 6.07) is 18.6. The van der Waals surface area contributed by atoms with Gasteiger partial charge >= 0.3 is 0 Å². The van der Waals surface area contributed by atoms with Crippen molar-refractivity contribution in [1.29, 1.82) is 0 Å². The Kier molecular flexibility index (Phi) is 4.65. The molecule has 17 heavy (non-hydrogen) atoms. The van der Waals surface area contributed by atoms with Crippen LogP contribution in [-0.2, 0) is 13.0 Å². The fourth-order valence-corrected chi connectivity index (χ4v) is 2.65. The lowest BCUT2D eigenvalue weighted by Gasteiger charge is -2.03. The monoisotopic (exact) mass is 244 g/mol. The lowest BCUT2D eigenvalue weighted by atomic mass is 10.2. The molecule has 2 rings (SSSR count). The zero-order valence-corrected chi connectivity index (χ0v) is 10.5. The highest BCUT2D eigenvalue weighted by atomic mass is 32.2. The summed E-state index contributed by atoms with van der Waals surface area (Å²) in [5.41, 5.74) is 2.35. The molecule has 88 valence electrons. The maximum Gasteiger partial charge on any atom is 0.0682 e. The molecular weight excluding hydrogens is 228 g/mol. The Hall–Kier alpha value is -1.25. The van der Waals surface area contributed by atoms with Gasteiger partial charge < -0.3 is 5.11 Å². The number of rotatable bonds is 5. The second-order valence-corrected chi connectivity index (χ2v) is 5.06. The second-order valence-electron chi connectivity index (χ2n) is 3.89. The van der Waals surface area contributed by atoms with Crippen LogP contribution >= 0.6 is 11.8 Å². The van der Waals surface area contributed by atoms with Gasteiger partial charge in [0.05, 0.1) is 6.61 Å². The van der Waals surface area contributed by atoms with Gasteiger partial charge in [-0.05, 0) is 29.7 Å². The van der Waals surface area contributed by atoms with Gasteiger partial charge in [0.15, 0.2) is 0 Å². The fourth-order valence-electron chi connectivity index (χ4n) is 1.67. The zero-order valence-electron chi connectivity index (χ0n) is 9.67. The molecule has 0 saturated heterocycles. The van der Waals surface area contributed by atoms with Gasteiger partial charge in [-0.15, -0.1) is 11.8 Å². The van der Waals surface area contributed by atoms with Gasteiger partial charge in [-0.25, -0.2) is 0 Å². The van der Waals surface area contributed by atoms with E-state index >= 15 is 0 Å². The molecule has 0 saturated carbocycles. The van der Waals surface area contributed by atoms with E-state index in [2.05, 4.69) is 36.4 Å². The Labute approximate surface area is 107 Å². The third-order valence-corrected chi connectivity index (χ3v) is 3.58. The lowest BCUT2D eigenvalue weighted by molar-refractivity contribution is 0.281. The number of hydrogen-bond donors (Lipinski definition) is 1. The highest BCUT2D eigenvalue weighted by molar-refractivity contribution is 7.99. The molecule has 0 aliphatic heterocycles. The normalized spacial score (nSPS) is 10.4. The van der Waals surface area contributed by atoms with Crippen molar-refractivity contribution in [3.05, 3.63) is 65.7 Å². The summed E-state index contributed by atoms with van der Waals surface area (Å²) in [5.74, 6) is 1.07. The average Bonchev–Trinajstić information content (AvgIpc) is 2.40. The second kappa shape index (κ2) is 6.48. The molecule has 0 aliphatic carbocycles. The maximum atomic E-state index is 9.06. The minimum Gasteiger partial charge on any atom is -0.392 e. The van der Waals surface area contributed by atoms with Gasteiger partial charge in [-0.2, -0.15) is 0 Å².